The first-order chi connectivity index (χ1) is 17.3. The third-order valence-electron chi connectivity index (χ3n) is 5.39. The number of fused-ring (bicyclic) bond motifs is 2. The molecule has 0 unspecified atom stereocenters. The van der Waals surface area contributed by atoms with Gasteiger partial charge in [-0.05, 0) is 61.5 Å². The average molecular weight is 522 g/mol. The lowest BCUT2D eigenvalue weighted by Crippen LogP contribution is -2.23. The highest BCUT2D eigenvalue weighted by Crippen LogP contribution is 2.29. The third kappa shape index (κ3) is 4.56. The van der Waals surface area contributed by atoms with Gasteiger partial charge in [0.2, 0.25) is 5.82 Å². The van der Waals surface area contributed by atoms with E-state index in [1.54, 1.807) is 60.7 Å². The zero-order valence-electron chi connectivity index (χ0n) is 18.7. The summed E-state index contributed by atoms with van der Waals surface area (Å²) in [5, 5.41) is 15.6. The Balaban J connectivity index is 1.68. The van der Waals surface area contributed by atoms with Crippen LogP contribution >= 0.6 is 23.2 Å². The monoisotopic (exact) mass is 521 g/mol. The smallest absolute Gasteiger partial charge is 0.344 e. The molecule has 1 atom stereocenters. The quantitative estimate of drug-likeness (QED) is 0.281. The van der Waals surface area contributed by atoms with Gasteiger partial charge in [0.1, 0.15) is 11.3 Å². The maximum absolute atomic E-state index is 13.4. The van der Waals surface area contributed by atoms with Crippen LogP contribution in [0.25, 0.3) is 33.5 Å². The molecule has 8 nitrogen and oxygen atoms in total. The van der Waals surface area contributed by atoms with Gasteiger partial charge in [-0.15, -0.1) is 0 Å². The van der Waals surface area contributed by atoms with Gasteiger partial charge in [-0.1, -0.05) is 35.3 Å². The number of furan rings is 1. The van der Waals surface area contributed by atoms with E-state index in [0.717, 1.165) is 10.1 Å². The van der Waals surface area contributed by atoms with Crippen molar-refractivity contribution in [1.29, 1.82) is 0 Å². The van der Waals surface area contributed by atoms with Crippen molar-refractivity contribution in [2.45, 2.75) is 13.0 Å². The van der Waals surface area contributed by atoms with E-state index >= 15 is 0 Å². The molecule has 0 saturated carbocycles. The Kier molecular flexibility index (Phi) is 6.22. The van der Waals surface area contributed by atoms with Crippen molar-refractivity contribution < 1.29 is 19.1 Å². The zero-order valence-corrected chi connectivity index (χ0v) is 20.2. The fraction of sp³-hybridized carbons (Fsp3) is 0.0769. The summed E-state index contributed by atoms with van der Waals surface area (Å²) in [6.45, 7) is 1.40. The molecule has 0 radical (unpaired) electrons. The SMILES string of the molecule is C[C@H](Oc1ccc(Cl)cc1C=Nn1c(-c2cc3cc(Cl)ccc3o2)nc2ccccc2c1=O)C(=O)O. The van der Waals surface area contributed by atoms with E-state index in [9.17, 15) is 14.7 Å². The van der Waals surface area contributed by atoms with Gasteiger partial charge in [-0.3, -0.25) is 4.79 Å². The van der Waals surface area contributed by atoms with E-state index in [1.807, 2.05) is 0 Å². The Hall–Kier alpha value is -4.14. The van der Waals surface area contributed by atoms with E-state index in [-0.39, 0.29) is 11.6 Å². The lowest BCUT2D eigenvalue weighted by molar-refractivity contribution is -0.144. The topological polar surface area (TPSA) is 107 Å². The van der Waals surface area contributed by atoms with Crippen LogP contribution in [0.4, 0.5) is 0 Å². The Morgan fingerprint density at radius 3 is 2.67 bits per heavy atom. The number of hydrogen-bond acceptors (Lipinski definition) is 6. The molecule has 0 bridgehead atoms. The van der Waals surface area contributed by atoms with Gasteiger partial charge < -0.3 is 14.3 Å². The molecular weight excluding hydrogens is 505 g/mol. The maximum Gasteiger partial charge on any atom is 0.344 e. The summed E-state index contributed by atoms with van der Waals surface area (Å²) < 4.78 is 12.6. The normalized spacial score (nSPS) is 12.4. The molecule has 0 aliphatic heterocycles. The second-order valence-electron chi connectivity index (χ2n) is 7.89. The summed E-state index contributed by atoms with van der Waals surface area (Å²) in [6, 6.07) is 18.5. The fourth-order valence-electron chi connectivity index (χ4n) is 3.60. The number of hydrogen-bond donors (Lipinski definition) is 1. The summed E-state index contributed by atoms with van der Waals surface area (Å²) in [4.78, 5) is 29.3. The van der Waals surface area contributed by atoms with Crippen LogP contribution in [0.15, 0.2) is 81.0 Å². The number of aliphatic carboxylic acids is 1. The van der Waals surface area contributed by atoms with Gasteiger partial charge in [0.15, 0.2) is 11.9 Å². The van der Waals surface area contributed by atoms with E-state index in [4.69, 9.17) is 32.4 Å². The molecule has 5 aromatic rings. The van der Waals surface area contributed by atoms with Crippen LogP contribution in [-0.4, -0.2) is 33.1 Å². The number of rotatable bonds is 6. The Labute approximate surface area is 214 Å². The zero-order chi connectivity index (χ0) is 25.4. The minimum atomic E-state index is -1.13. The van der Waals surface area contributed by atoms with Crippen LogP contribution in [-0.2, 0) is 4.79 Å². The van der Waals surface area contributed by atoms with Crippen LogP contribution in [0, 0.1) is 0 Å². The number of aromatic nitrogens is 2. The third-order valence-corrected chi connectivity index (χ3v) is 5.86. The van der Waals surface area contributed by atoms with Crippen molar-refractivity contribution in [3.63, 3.8) is 0 Å². The summed E-state index contributed by atoms with van der Waals surface area (Å²) >= 11 is 12.3. The van der Waals surface area contributed by atoms with E-state index in [1.165, 1.54) is 19.2 Å². The van der Waals surface area contributed by atoms with Crippen LogP contribution in [0.2, 0.25) is 10.0 Å². The first-order valence-electron chi connectivity index (χ1n) is 10.7. The first kappa shape index (κ1) is 23.6. The predicted octanol–water partition coefficient (Wildman–Crippen LogP) is 5.85. The predicted molar refractivity (Wildman–Crippen MR) is 138 cm³/mol. The molecular formula is C26H17Cl2N3O5. The minimum absolute atomic E-state index is 0.172. The second kappa shape index (κ2) is 9.49. The fourth-order valence-corrected chi connectivity index (χ4v) is 3.96. The molecule has 1 N–H and O–H groups in total. The van der Waals surface area contributed by atoms with Crippen LogP contribution in [0.3, 0.4) is 0 Å². The van der Waals surface area contributed by atoms with Gasteiger partial charge in [0, 0.05) is 21.0 Å². The molecule has 0 aliphatic carbocycles. The van der Waals surface area contributed by atoms with Crippen molar-refractivity contribution in [1.82, 2.24) is 9.66 Å². The van der Waals surface area contributed by atoms with Crippen molar-refractivity contribution in [3.05, 3.63) is 92.7 Å². The number of halogens is 2. The highest BCUT2D eigenvalue weighted by molar-refractivity contribution is 6.31. The minimum Gasteiger partial charge on any atom is -0.479 e. The van der Waals surface area contributed by atoms with E-state index in [0.29, 0.717) is 37.9 Å². The van der Waals surface area contributed by atoms with Crippen molar-refractivity contribution >= 4 is 57.3 Å². The second-order valence-corrected chi connectivity index (χ2v) is 8.76. The molecule has 36 heavy (non-hydrogen) atoms. The highest BCUT2D eigenvalue weighted by atomic mass is 35.5. The maximum atomic E-state index is 13.4. The number of carbonyl (C=O) groups is 1. The number of benzene rings is 3. The van der Waals surface area contributed by atoms with Crippen molar-refractivity contribution in [3.8, 4) is 17.3 Å². The Morgan fingerprint density at radius 2 is 1.86 bits per heavy atom. The molecule has 0 amide bonds. The average Bonchev–Trinajstić information content (AvgIpc) is 3.27. The molecule has 3 aromatic carbocycles. The van der Waals surface area contributed by atoms with E-state index < -0.39 is 17.6 Å². The van der Waals surface area contributed by atoms with Crippen LogP contribution in [0.5, 0.6) is 5.75 Å². The number of carboxylic acid groups (broad SMARTS) is 1. The summed E-state index contributed by atoms with van der Waals surface area (Å²) in [7, 11) is 0. The lowest BCUT2D eigenvalue weighted by Gasteiger charge is -2.13. The lowest BCUT2D eigenvalue weighted by atomic mass is 10.2. The van der Waals surface area contributed by atoms with Gasteiger partial charge in [-0.25, -0.2) is 9.78 Å². The molecule has 180 valence electrons. The molecule has 5 rings (SSSR count). The first-order valence-corrected chi connectivity index (χ1v) is 11.5. The van der Waals surface area contributed by atoms with Gasteiger partial charge in [0.05, 0.1) is 17.1 Å². The largest absolute Gasteiger partial charge is 0.479 e. The van der Waals surface area contributed by atoms with E-state index in [2.05, 4.69) is 10.1 Å². The molecule has 2 heterocycles. The summed E-state index contributed by atoms with van der Waals surface area (Å²) in [5.74, 6) is -0.408. The molecule has 10 heteroatoms. The summed E-state index contributed by atoms with van der Waals surface area (Å²) in [5.41, 5.74) is 0.997. The van der Waals surface area contributed by atoms with Gasteiger partial charge in [-0.2, -0.15) is 9.78 Å². The molecule has 0 fully saturated rings. The van der Waals surface area contributed by atoms with Crippen molar-refractivity contribution in [2.24, 2.45) is 5.10 Å². The molecule has 2 aromatic heterocycles. The Bertz CT molecular complexity index is 1720. The molecule has 0 saturated heterocycles. The number of carboxylic acids is 1. The standard InChI is InChI=1S/C26H17Cl2N3O5/c1-14(26(33)34)35-22-9-7-18(28)11-16(22)13-29-31-24(30-20-5-3-2-4-19(20)25(31)32)23-12-15-10-17(27)6-8-21(15)36-23/h2-14H,1H3,(H,33,34)/t14-/m0/s1. The molecule has 0 spiro atoms. The van der Waals surface area contributed by atoms with Crippen molar-refractivity contribution in [2.75, 3.05) is 0 Å². The van der Waals surface area contributed by atoms with Crippen LogP contribution in [0.1, 0.15) is 12.5 Å². The van der Waals surface area contributed by atoms with Gasteiger partial charge in [0.25, 0.3) is 5.56 Å². The Morgan fingerprint density at radius 1 is 1.11 bits per heavy atom. The number of para-hydroxylation sites is 1. The van der Waals surface area contributed by atoms with Gasteiger partial charge >= 0.3 is 5.97 Å². The van der Waals surface area contributed by atoms with Crippen LogP contribution < -0.4 is 10.3 Å². The highest BCUT2D eigenvalue weighted by Gasteiger charge is 2.18. The summed E-state index contributed by atoms with van der Waals surface area (Å²) in [6.07, 6.45) is 0.248. The number of ether oxygens (including phenoxy) is 1. The number of nitrogens with zero attached hydrogens (tertiary/aromatic N) is 3. The molecule has 0 aliphatic rings.